The summed E-state index contributed by atoms with van der Waals surface area (Å²) in [5.41, 5.74) is 1.55. The summed E-state index contributed by atoms with van der Waals surface area (Å²) < 4.78 is 1.76. The minimum Gasteiger partial charge on any atom is -0.309 e. The van der Waals surface area contributed by atoms with Crippen molar-refractivity contribution < 1.29 is 0 Å². The molecule has 124 valence electrons. The minimum atomic E-state index is -0.187. The first kappa shape index (κ1) is 17.5. The maximum atomic E-state index is 12.1. The second kappa shape index (κ2) is 7.69. The van der Waals surface area contributed by atoms with Crippen molar-refractivity contribution in [1.29, 1.82) is 0 Å². The quantitative estimate of drug-likeness (QED) is 0.492. The Morgan fingerprint density at radius 3 is 2.83 bits per heavy atom. The number of aromatic amines is 1. The van der Waals surface area contributed by atoms with Gasteiger partial charge in [0.25, 0.3) is 5.56 Å². The summed E-state index contributed by atoms with van der Waals surface area (Å²) in [6.45, 7) is 5.86. The van der Waals surface area contributed by atoms with Crippen molar-refractivity contribution >= 4 is 57.4 Å². The van der Waals surface area contributed by atoms with Crippen molar-refractivity contribution in [3.63, 3.8) is 0 Å². The fourth-order valence-electron chi connectivity index (χ4n) is 1.86. The van der Waals surface area contributed by atoms with Gasteiger partial charge in [0, 0.05) is 10.8 Å². The van der Waals surface area contributed by atoms with E-state index in [1.54, 1.807) is 30.0 Å². The van der Waals surface area contributed by atoms with Crippen LogP contribution >= 0.6 is 46.5 Å². The standard InChI is InChI=1S/C15H13ClN4OS3/c1-8(2)6-22-14-19-20-15(24-14)23-7-12-17-11-4-3-9(16)5-10(11)13(21)18-12/h3-5H,1,6-7H2,2H3,(H,17,18,21). The Balaban J connectivity index is 1.70. The lowest BCUT2D eigenvalue weighted by Gasteiger charge is -2.02. The number of nitrogens with one attached hydrogen (secondary N) is 1. The zero-order valence-corrected chi connectivity index (χ0v) is 15.9. The highest BCUT2D eigenvalue weighted by atomic mass is 35.5. The number of hydrogen-bond donors (Lipinski definition) is 1. The first-order valence-electron chi connectivity index (χ1n) is 6.93. The largest absolute Gasteiger partial charge is 0.309 e. The molecule has 0 spiro atoms. The van der Waals surface area contributed by atoms with Crippen molar-refractivity contribution in [3.8, 4) is 0 Å². The molecule has 0 fully saturated rings. The molecule has 9 heteroatoms. The Kier molecular flexibility index (Phi) is 5.60. The normalized spacial score (nSPS) is 11.1. The highest BCUT2D eigenvalue weighted by molar-refractivity contribution is 8.03. The molecule has 0 bridgehead atoms. The second-order valence-electron chi connectivity index (χ2n) is 5.04. The first-order valence-corrected chi connectivity index (χ1v) is 10.1. The predicted octanol–water partition coefficient (Wildman–Crippen LogP) is 4.39. The summed E-state index contributed by atoms with van der Waals surface area (Å²) in [6.07, 6.45) is 0. The molecular formula is C15H13ClN4OS3. The minimum absolute atomic E-state index is 0.187. The maximum absolute atomic E-state index is 12.1. The molecule has 3 rings (SSSR count). The van der Waals surface area contributed by atoms with E-state index in [1.807, 2.05) is 6.92 Å². The van der Waals surface area contributed by atoms with E-state index in [-0.39, 0.29) is 5.56 Å². The summed E-state index contributed by atoms with van der Waals surface area (Å²) in [7, 11) is 0. The van der Waals surface area contributed by atoms with Gasteiger partial charge in [-0.15, -0.1) is 10.2 Å². The number of rotatable bonds is 6. The molecule has 5 nitrogen and oxygen atoms in total. The van der Waals surface area contributed by atoms with Gasteiger partial charge in [-0.3, -0.25) is 4.79 Å². The first-order chi connectivity index (χ1) is 11.5. The SMILES string of the molecule is C=C(C)CSc1nnc(SCc2nc3ccc(Cl)cc3c(=O)[nH]2)s1. The van der Waals surface area contributed by atoms with Gasteiger partial charge in [-0.05, 0) is 25.1 Å². The van der Waals surface area contributed by atoms with Crippen LogP contribution in [0.25, 0.3) is 10.9 Å². The third kappa shape index (κ3) is 4.38. The van der Waals surface area contributed by atoms with E-state index in [0.29, 0.717) is 27.5 Å². The van der Waals surface area contributed by atoms with Crippen LogP contribution in [0.3, 0.4) is 0 Å². The van der Waals surface area contributed by atoms with E-state index in [2.05, 4.69) is 26.7 Å². The Bertz CT molecular complexity index is 953. The smallest absolute Gasteiger partial charge is 0.258 e. The van der Waals surface area contributed by atoms with Gasteiger partial charge >= 0.3 is 0 Å². The molecular weight excluding hydrogens is 384 g/mol. The Morgan fingerprint density at radius 2 is 2.08 bits per heavy atom. The summed E-state index contributed by atoms with van der Waals surface area (Å²) in [5.74, 6) is 1.96. The van der Waals surface area contributed by atoms with Crippen LogP contribution in [-0.2, 0) is 5.75 Å². The van der Waals surface area contributed by atoms with Crippen LogP contribution in [0.5, 0.6) is 0 Å². The number of aromatic nitrogens is 4. The number of halogens is 1. The van der Waals surface area contributed by atoms with E-state index in [4.69, 9.17) is 11.6 Å². The van der Waals surface area contributed by atoms with Gasteiger partial charge in [-0.2, -0.15) is 0 Å². The molecule has 2 aromatic heterocycles. The van der Waals surface area contributed by atoms with Crippen LogP contribution < -0.4 is 5.56 Å². The molecule has 2 heterocycles. The second-order valence-corrected chi connectivity index (χ2v) is 8.90. The average molecular weight is 397 g/mol. The zero-order chi connectivity index (χ0) is 17.1. The molecule has 0 radical (unpaired) electrons. The molecule has 0 saturated carbocycles. The van der Waals surface area contributed by atoms with Gasteiger partial charge in [-0.25, -0.2) is 4.98 Å². The van der Waals surface area contributed by atoms with Crippen molar-refractivity contribution in [2.75, 3.05) is 5.75 Å². The summed E-state index contributed by atoms with van der Waals surface area (Å²) in [6, 6.07) is 5.09. The number of thioether (sulfide) groups is 2. The molecule has 1 N–H and O–H groups in total. The van der Waals surface area contributed by atoms with Crippen molar-refractivity contribution in [1.82, 2.24) is 20.2 Å². The molecule has 24 heavy (non-hydrogen) atoms. The highest BCUT2D eigenvalue weighted by Gasteiger charge is 2.09. The van der Waals surface area contributed by atoms with Crippen LogP contribution in [0.15, 0.2) is 43.8 Å². The van der Waals surface area contributed by atoms with E-state index >= 15 is 0 Å². The molecule has 0 atom stereocenters. The van der Waals surface area contributed by atoms with Crippen LogP contribution in [0.1, 0.15) is 12.7 Å². The van der Waals surface area contributed by atoms with E-state index < -0.39 is 0 Å². The summed E-state index contributed by atoms with van der Waals surface area (Å²) in [4.78, 5) is 19.4. The zero-order valence-electron chi connectivity index (χ0n) is 12.7. The van der Waals surface area contributed by atoms with Gasteiger partial charge in [-0.1, -0.05) is 58.6 Å². The predicted molar refractivity (Wildman–Crippen MR) is 102 cm³/mol. The van der Waals surface area contributed by atoms with Crippen LogP contribution in [-0.4, -0.2) is 25.9 Å². The number of benzene rings is 1. The summed E-state index contributed by atoms with van der Waals surface area (Å²) in [5, 5.41) is 9.30. The summed E-state index contributed by atoms with van der Waals surface area (Å²) >= 11 is 10.6. The lowest BCUT2D eigenvalue weighted by atomic mass is 10.2. The Hall–Kier alpha value is -1.35. The number of hydrogen-bond acceptors (Lipinski definition) is 7. The third-order valence-electron chi connectivity index (χ3n) is 2.88. The maximum Gasteiger partial charge on any atom is 0.258 e. The van der Waals surface area contributed by atoms with Gasteiger partial charge in [0.1, 0.15) is 5.82 Å². The van der Waals surface area contributed by atoms with Crippen LogP contribution in [0, 0.1) is 0 Å². The molecule has 0 aliphatic heterocycles. The molecule has 0 unspecified atom stereocenters. The molecule has 0 aliphatic carbocycles. The fourth-order valence-corrected chi connectivity index (χ4v) is 4.76. The van der Waals surface area contributed by atoms with Crippen molar-refractivity contribution in [2.24, 2.45) is 0 Å². The van der Waals surface area contributed by atoms with Gasteiger partial charge in [0.15, 0.2) is 8.68 Å². The molecule has 0 saturated heterocycles. The van der Waals surface area contributed by atoms with Gasteiger partial charge in [0.05, 0.1) is 16.7 Å². The van der Waals surface area contributed by atoms with Crippen molar-refractivity contribution in [3.05, 3.63) is 51.6 Å². The van der Waals surface area contributed by atoms with E-state index in [9.17, 15) is 4.79 Å². The molecule has 3 aromatic rings. The lowest BCUT2D eigenvalue weighted by molar-refractivity contribution is 0.952. The number of nitrogens with zero attached hydrogens (tertiary/aromatic N) is 3. The molecule has 1 aromatic carbocycles. The third-order valence-corrected chi connectivity index (χ3v) is 6.55. The molecule has 0 aliphatic rings. The highest BCUT2D eigenvalue weighted by Crippen LogP contribution is 2.30. The molecule has 0 amide bonds. The Labute approximate surface area is 156 Å². The fraction of sp³-hybridized carbons (Fsp3) is 0.200. The van der Waals surface area contributed by atoms with E-state index in [0.717, 1.165) is 20.0 Å². The number of H-pyrrole nitrogens is 1. The Morgan fingerprint density at radius 1 is 1.33 bits per heavy atom. The lowest BCUT2D eigenvalue weighted by Crippen LogP contribution is -2.11. The van der Waals surface area contributed by atoms with E-state index in [1.165, 1.54) is 23.1 Å². The van der Waals surface area contributed by atoms with Gasteiger partial charge in [0.2, 0.25) is 0 Å². The monoisotopic (exact) mass is 396 g/mol. The average Bonchev–Trinajstić information content (AvgIpc) is 3.00. The van der Waals surface area contributed by atoms with Gasteiger partial charge < -0.3 is 4.98 Å². The number of fused-ring (bicyclic) bond motifs is 1. The van der Waals surface area contributed by atoms with Crippen LogP contribution in [0.4, 0.5) is 0 Å². The topological polar surface area (TPSA) is 71.5 Å². The van der Waals surface area contributed by atoms with Crippen LogP contribution in [0.2, 0.25) is 5.02 Å². The van der Waals surface area contributed by atoms with Crippen molar-refractivity contribution in [2.45, 2.75) is 21.4 Å².